The summed E-state index contributed by atoms with van der Waals surface area (Å²) in [5, 5.41) is 2.89. The predicted octanol–water partition coefficient (Wildman–Crippen LogP) is 2.41. The summed E-state index contributed by atoms with van der Waals surface area (Å²) in [5.41, 5.74) is 2.27. The lowest BCUT2D eigenvalue weighted by Crippen LogP contribution is -2.50. The monoisotopic (exact) mass is 404 g/mol. The molecule has 0 spiro atoms. The van der Waals surface area contributed by atoms with Crippen molar-refractivity contribution in [1.29, 1.82) is 0 Å². The number of nitrogens with one attached hydrogen (secondary N) is 1. The van der Waals surface area contributed by atoms with Gasteiger partial charge in [0.05, 0.1) is 31.6 Å². The molecule has 28 heavy (non-hydrogen) atoms. The molecule has 0 fully saturated rings. The van der Waals surface area contributed by atoms with E-state index in [9.17, 15) is 13.2 Å². The highest BCUT2D eigenvalue weighted by molar-refractivity contribution is 7.92. The second-order valence-electron chi connectivity index (χ2n) is 6.88. The van der Waals surface area contributed by atoms with Crippen LogP contribution in [0.4, 0.5) is 5.69 Å². The summed E-state index contributed by atoms with van der Waals surface area (Å²) in [6, 6.07) is 12.4. The van der Waals surface area contributed by atoms with Crippen molar-refractivity contribution in [2.45, 2.75) is 26.0 Å². The lowest BCUT2D eigenvalue weighted by molar-refractivity contribution is -0.128. The van der Waals surface area contributed by atoms with Crippen LogP contribution in [0.2, 0.25) is 0 Å². The lowest BCUT2D eigenvalue weighted by Gasteiger charge is -2.34. The zero-order valence-electron chi connectivity index (χ0n) is 16.3. The average Bonchev–Trinajstić information content (AvgIpc) is 2.66. The largest absolute Gasteiger partial charge is 0.497 e. The molecule has 0 radical (unpaired) electrons. The molecular formula is C20H24N2O5S. The summed E-state index contributed by atoms with van der Waals surface area (Å²) in [6.07, 6.45) is 0.185. The number of carbonyl (C=O) groups is 1. The summed E-state index contributed by atoms with van der Waals surface area (Å²) in [7, 11) is -1.96. The number of fused-ring (bicyclic) bond motifs is 1. The van der Waals surface area contributed by atoms with Crippen LogP contribution in [0.1, 0.15) is 24.1 Å². The fourth-order valence-electron chi connectivity index (χ4n) is 3.09. The Morgan fingerprint density at radius 2 is 1.93 bits per heavy atom. The third-order valence-corrected chi connectivity index (χ3v) is 5.80. The van der Waals surface area contributed by atoms with Gasteiger partial charge in [-0.25, -0.2) is 8.42 Å². The van der Waals surface area contributed by atoms with E-state index in [0.717, 1.165) is 23.1 Å². The number of anilines is 1. The molecule has 1 aliphatic heterocycles. The first-order valence-corrected chi connectivity index (χ1v) is 10.7. The molecule has 1 N–H and O–H groups in total. The van der Waals surface area contributed by atoms with Gasteiger partial charge >= 0.3 is 0 Å². The van der Waals surface area contributed by atoms with Crippen LogP contribution in [-0.2, 0) is 14.8 Å². The van der Waals surface area contributed by atoms with Crippen LogP contribution in [0.5, 0.6) is 11.5 Å². The fraction of sp³-hybridized carbons (Fsp3) is 0.350. The average molecular weight is 404 g/mol. The molecule has 0 saturated carbocycles. The second-order valence-corrected chi connectivity index (χ2v) is 8.78. The summed E-state index contributed by atoms with van der Waals surface area (Å²) >= 11 is 0. The molecule has 0 saturated heterocycles. The third-order valence-electron chi connectivity index (χ3n) is 4.65. The molecule has 2 aromatic carbocycles. The van der Waals surface area contributed by atoms with Gasteiger partial charge in [0.1, 0.15) is 11.5 Å². The Morgan fingerprint density at radius 3 is 2.54 bits per heavy atom. The van der Waals surface area contributed by atoms with Gasteiger partial charge in [-0.05, 0) is 49.2 Å². The van der Waals surface area contributed by atoms with Crippen molar-refractivity contribution in [2.75, 3.05) is 24.2 Å². The minimum Gasteiger partial charge on any atom is -0.497 e. The van der Waals surface area contributed by atoms with Crippen molar-refractivity contribution in [2.24, 2.45) is 0 Å². The highest BCUT2D eigenvalue weighted by atomic mass is 32.2. The number of benzene rings is 2. The molecule has 0 bridgehead atoms. The van der Waals surface area contributed by atoms with Gasteiger partial charge in [-0.15, -0.1) is 0 Å². The Bertz CT molecular complexity index is 973. The molecule has 0 aliphatic carbocycles. The number of nitrogens with zero attached hydrogens (tertiary/aromatic N) is 1. The van der Waals surface area contributed by atoms with Crippen LogP contribution in [-0.4, -0.2) is 40.3 Å². The zero-order chi connectivity index (χ0) is 20.5. The normalized spacial score (nSPS) is 17.3. The summed E-state index contributed by atoms with van der Waals surface area (Å²) in [5.74, 6) is 0.733. The number of carbonyl (C=O) groups excluding carboxylic acids is 1. The molecule has 3 rings (SSSR count). The summed E-state index contributed by atoms with van der Waals surface area (Å²) < 4.78 is 36.7. The molecule has 8 heteroatoms. The van der Waals surface area contributed by atoms with Gasteiger partial charge in [-0.2, -0.15) is 0 Å². The van der Waals surface area contributed by atoms with Crippen LogP contribution >= 0.6 is 0 Å². The maximum absolute atomic E-state index is 12.8. The summed E-state index contributed by atoms with van der Waals surface area (Å²) in [6.45, 7) is 3.65. The van der Waals surface area contributed by atoms with Gasteiger partial charge in [0.25, 0.3) is 5.91 Å². The number of rotatable bonds is 5. The van der Waals surface area contributed by atoms with E-state index in [1.807, 2.05) is 44.2 Å². The van der Waals surface area contributed by atoms with Crippen LogP contribution in [0.3, 0.4) is 0 Å². The van der Waals surface area contributed by atoms with Crippen LogP contribution < -0.4 is 19.1 Å². The van der Waals surface area contributed by atoms with Crippen molar-refractivity contribution in [1.82, 2.24) is 5.32 Å². The third kappa shape index (κ3) is 4.22. The van der Waals surface area contributed by atoms with E-state index in [0.29, 0.717) is 11.4 Å². The highest BCUT2D eigenvalue weighted by Crippen LogP contribution is 2.35. The molecule has 150 valence electrons. The molecule has 1 heterocycles. The van der Waals surface area contributed by atoms with Gasteiger partial charge in [0.2, 0.25) is 10.0 Å². The topological polar surface area (TPSA) is 84.9 Å². The molecule has 2 atom stereocenters. The number of hydrogen-bond acceptors (Lipinski definition) is 5. The van der Waals surface area contributed by atoms with E-state index in [2.05, 4.69) is 5.32 Å². The van der Waals surface area contributed by atoms with E-state index in [1.54, 1.807) is 19.2 Å². The van der Waals surface area contributed by atoms with Gasteiger partial charge in [0, 0.05) is 0 Å². The quantitative estimate of drug-likeness (QED) is 0.827. The van der Waals surface area contributed by atoms with Crippen molar-refractivity contribution in [3.8, 4) is 11.5 Å². The van der Waals surface area contributed by atoms with Crippen molar-refractivity contribution < 1.29 is 22.7 Å². The molecular weight excluding hydrogens is 380 g/mol. The first-order chi connectivity index (χ1) is 13.2. The van der Waals surface area contributed by atoms with E-state index in [1.165, 1.54) is 4.31 Å². The Kier molecular flexibility index (Phi) is 5.51. The minimum atomic E-state index is -3.55. The second kappa shape index (κ2) is 7.71. The van der Waals surface area contributed by atoms with Crippen LogP contribution in [0.25, 0.3) is 0 Å². The molecule has 1 amide bonds. The number of aryl methyl sites for hydroxylation is 1. The lowest BCUT2D eigenvalue weighted by atomic mass is 10.1. The standard InChI is InChI=1S/C20H24N2O5S/c1-13-5-10-18-17(11-13)22(28(4,24)25)12-19(27-18)20(23)21-14(2)15-6-8-16(26-3)9-7-15/h5-11,14,19H,12H2,1-4H3,(H,21,23)/t14-,19-/m1/s1. The first kappa shape index (κ1) is 20.0. The first-order valence-electron chi connectivity index (χ1n) is 8.88. The Labute approximate surface area is 165 Å². The van der Waals surface area contributed by atoms with E-state index in [-0.39, 0.29) is 18.5 Å². The van der Waals surface area contributed by atoms with Crippen molar-refractivity contribution in [3.05, 3.63) is 53.6 Å². The molecule has 7 nitrogen and oxygen atoms in total. The Hall–Kier alpha value is -2.74. The fourth-order valence-corrected chi connectivity index (χ4v) is 4.00. The minimum absolute atomic E-state index is 0.0730. The van der Waals surface area contributed by atoms with Crippen molar-refractivity contribution >= 4 is 21.6 Å². The molecule has 0 unspecified atom stereocenters. The van der Waals surface area contributed by atoms with Gasteiger partial charge in [-0.3, -0.25) is 9.10 Å². The van der Waals surface area contributed by atoms with Crippen LogP contribution in [0, 0.1) is 6.92 Å². The predicted molar refractivity (Wildman–Crippen MR) is 107 cm³/mol. The van der Waals surface area contributed by atoms with Gasteiger partial charge in [0.15, 0.2) is 6.10 Å². The number of sulfonamides is 1. The maximum Gasteiger partial charge on any atom is 0.263 e. The van der Waals surface area contributed by atoms with Crippen molar-refractivity contribution in [3.63, 3.8) is 0 Å². The smallest absolute Gasteiger partial charge is 0.263 e. The summed E-state index contributed by atoms with van der Waals surface area (Å²) in [4.78, 5) is 12.8. The number of ether oxygens (including phenoxy) is 2. The number of methoxy groups -OCH3 is 1. The van der Waals surface area contributed by atoms with Gasteiger partial charge < -0.3 is 14.8 Å². The number of amides is 1. The Balaban J connectivity index is 1.79. The highest BCUT2D eigenvalue weighted by Gasteiger charge is 2.35. The zero-order valence-corrected chi connectivity index (χ0v) is 17.1. The number of hydrogen-bond donors (Lipinski definition) is 1. The van der Waals surface area contributed by atoms with E-state index in [4.69, 9.17) is 9.47 Å². The maximum atomic E-state index is 12.8. The van der Waals surface area contributed by atoms with Gasteiger partial charge in [-0.1, -0.05) is 18.2 Å². The molecule has 1 aliphatic rings. The van der Waals surface area contributed by atoms with E-state index < -0.39 is 16.1 Å². The SMILES string of the molecule is COc1ccc([C@@H](C)NC(=O)[C@H]2CN(S(C)(=O)=O)c3cc(C)ccc3O2)cc1. The molecule has 2 aromatic rings. The van der Waals surface area contributed by atoms with Crippen LogP contribution in [0.15, 0.2) is 42.5 Å². The van der Waals surface area contributed by atoms with E-state index >= 15 is 0 Å². The Morgan fingerprint density at radius 1 is 1.25 bits per heavy atom. The molecule has 0 aromatic heterocycles.